The second-order valence-electron chi connectivity index (χ2n) is 7.72. The van der Waals surface area contributed by atoms with Gasteiger partial charge in [-0.15, -0.1) is 0 Å². The Morgan fingerprint density at radius 2 is 1.75 bits per heavy atom. The lowest BCUT2D eigenvalue weighted by molar-refractivity contribution is -0.140. The van der Waals surface area contributed by atoms with Gasteiger partial charge < -0.3 is 24.1 Å². The van der Waals surface area contributed by atoms with E-state index in [1.54, 1.807) is 43.5 Å². The van der Waals surface area contributed by atoms with Gasteiger partial charge >= 0.3 is 0 Å². The smallest absolute Gasteiger partial charge is 0.296 e. The number of likely N-dealkylation sites (tertiary alicyclic amines) is 1. The minimum Gasteiger partial charge on any atom is -0.507 e. The number of ketones is 1. The van der Waals surface area contributed by atoms with Crippen LogP contribution in [0.1, 0.15) is 22.9 Å². The molecule has 1 fully saturated rings. The number of amides is 1. The number of hydrogen-bond acceptors (Lipinski definition) is 6. The molecule has 3 aromatic rings. The third kappa shape index (κ3) is 3.85. The minimum atomic E-state index is -0.751. The van der Waals surface area contributed by atoms with E-state index >= 15 is 0 Å². The van der Waals surface area contributed by atoms with Crippen LogP contribution in [0.2, 0.25) is 0 Å². The van der Waals surface area contributed by atoms with E-state index in [0.29, 0.717) is 17.1 Å². The number of aliphatic hydroxyl groups is 1. The lowest BCUT2D eigenvalue weighted by Crippen LogP contribution is -2.29. The van der Waals surface area contributed by atoms with E-state index in [9.17, 15) is 14.7 Å². The highest BCUT2D eigenvalue weighted by Gasteiger charge is 2.46. The van der Waals surface area contributed by atoms with Crippen LogP contribution >= 0.6 is 0 Å². The Morgan fingerprint density at radius 3 is 2.31 bits per heavy atom. The molecule has 0 aliphatic carbocycles. The third-order valence-electron chi connectivity index (χ3n) is 5.53. The Kier molecular flexibility index (Phi) is 5.73. The number of furan rings is 1. The summed E-state index contributed by atoms with van der Waals surface area (Å²) in [5.41, 5.74) is 2.17. The fourth-order valence-electron chi connectivity index (χ4n) is 3.82. The van der Waals surface area contributed by atoms with E-state index in [1.807, 2.05) is 43.3 Å². The van der Waals surface area contributed by atoms with Crippen LogP contribution in [0.4, 0.5) is 5.69 Å². The summed E-state index contributed by atoms with van der Waals surface area (Å²) < 4.78 is 10.6. The second kappa shape index (κ2) is 8.63. The van der Waals surface area contributed by atoms with Crippen LogP contribution in [0.3, 0.4) is 0 Å². The molecule has 164 valence electrons. The number of benzene rings is 2. The molecule has 2 aromatic carbocycles. The number of hydrogen-bond donors (Lipinski definition) is 1. The molecule has 1 saturated heterocycles. The molecule has 7 nitrogen and oxygen atoms in total. The predicted molar refractivity (Wildman–Crippen MR) is 120 cm³/mol. The van der Waals surface area contributed by atoms with Crippen molar-refractivity contribution in [3.63, 3.8) is 0 Å². The quantitative estimate of drug-likeness (QED) is 0.360. The predicted octanol–water partition coefficient (Wildman–Crippen LogP) is 3.98. The first kappa shape index (κ1) is 21.2. The highest BCUT2D eigenvalue weighted by molar-refractivity contribution is 6.46. The average Bonchev–Trinajstić information content (AvgIpc) is 3.41. The molecule has 0 unspecified atom stereocenters. The van der Waals surface area contributed by atoms with Gasteiger partial charge in [-0.3, -0.25) is 9.59 Å². The van der Waals surface area contributed by atoms with Crippen molar-refractivity contribution in [2.24, 2.45) is 0 Å². The molecule has 1 N–H and O–H groups in total. The van der Waals surface area contributed by atoms with Crippen LogP contribution < -0.4 is 9.64 Å². The van der Waals surface area contributed by atoms with Crippen molar-refractivity contribution in [1.82, 2.24) is 4.90 Å². The Bertz CT molecular complexity index is 1150. The van der Waals surface area contributed by atoms with Crippen molar-refractivity contribution >= 4 is 23.1 Å². The highest BCUT2D eigenvalue weighted by atomic mass is 16.5. The maximum Gasteiger partial charge on any atom is 0.296 e. The average molecular weight is 432 g/mol. The Labute approximate surface area is 186 Å². The Balaban J connectivity index is 1.83. The summed E-state index contributed by atoms with van der Waals surface area (Å²) in [4.78, 5) is 29.5. The van der Waals surface area contributed by atoms with Gasteiger partial charge in [-0.1, -0.05) is 12.1 Å². The molecule has 2 heterocycles. The summed E-state index contributed by atoms with van der Waals surface area (Å²) >= 11 is 0. The Hall–Kier alpha value is -4.00. The minimum absolute atomic E-state index is 0.0457. The van der Waals surface area contributed by atoms with E-state index in [1.165, 1.54) is 11.2 Å². The van der Waals surface area contributed by atoms with E-state index in [2.05, 4.69) is 0 Å². The number of carbonyl (C=O) groups excluding carboxylic acids is 2. The number of nitrogens with zero attached hydrogens (tertiary/aromatic N) is 2. The fourth-order valence-corrected chi connectivity index (χ4v) is 3.82. The zero-order valence-electron chi connectivity index (χ0n) is 18.1. The molecule has 32 heavy (non-hydrogen) atoms. The van der Waals surface area contributed by atoms with Gasteiger partial charge in [0.2, 0.25) is 0 Å². The van der Waals surface area contributed by atoms with E-state index in [0.717, 1.165) is 11.3 Å². The van der Waals surface area contributed by atoms with Crippen LogP contribution in [0.25, 0.3) is 5.76 Å². The first-order chi connectivity index (χ1) is 15.4. The van der Waals surface area contributed by atoms with Crippen molar-refractivity contribution in [2.75, 3.05) is 26.1 Å². The van der Waals surface area contributed by atoms with Crippen LogP contribution in [-0.4, -0.2) is 42.9 Å². The zero-order chi connectivity index (χ0) is 22.8. The first-order valence-corrected chi connectivity index (χ1v) is 10.1. The molecule has 0 radical (unpaired) electrons. The monoisotopic (exact) mass is 432 g/mol. The topological polar surface area (TPSA) is 83.2 Å². The second-order valence-corrected chi connectivity index (χ2v) is 7.72. The summed E-state index contributed by atoms with van der Waals surface area (Å²) in [6.07, 6.45) is 1.52. The number of anilines is 1. The molecular weight excluding hydrogens is 408 g/mol. The van der Waals surface area contributed by atoms with Crippen LogP contribution in [0.5, 0.6) is 5.75 Å². The highest BCUT2D eigenvalue weighted by Crippen LogP contribution is 2.40. The zero-order valence-corrected chi connectivity index (χ0v) is 18.1. The standard InChI is InChI=1S/C25H24N2O5/c1-26(2)18-10-6-16(7-11-18)22-21(23(28)17-8-12-19(31-3)13-9-17)24(29)25(30)27(22)15-20-5-4-14-32-20/h4-14,22,28H,15H2,1-3H3/b23-21+/t22-/m0/s1. The van der Waals surface area contributed by atoms with Gasteiger partial charge in [-0.25, -0.2) is 0 Å². The molecule has 7 heteroatoms. The first-order valence-electron chi connectivity index (χ1n) is 10.1. The van der Waals surface area contributed by atoms with Crippen molar-refractivity contribution < 1.29 is 23.8 Å². The largest absolute Gasteiger partial charge is 0.507 e. The number of aliphatic hydroxyl groups excluding tert-OH is 1. The SMILES string of the molecule is COc1ccc(/C(O)=C2\C(=O)C(=O)N(Cc3ccco3)[C@H]2c2ccc(N(C)C)cc2)cc1. The van der Waals surface area contributed by atoms with Crippen molar-refractivity contribution in [3.8, 4) is 5.75 Å². The van der Waals surface area contributed by atoms with Gasteiger partial charge in [-0.05, 0) is 54.1 Å². The van der Waals surface area contributed by atoms with E-state index in [4.69, 9.17) is 9.15 Å². The molecule has 1 aromatic heterocycles. The molecule has 0 spiro atoms. The summed E-state index contributed by atoms with van der Waals surface area (Å²) in [7, 11) is 5.41. The van der Waals surface area contributed by atoms with Gasteiger partial charge in [0.15, 0.2) is 0 Å². The van der Waals surface area contributed by atoms with Gasteiger partial charge in [0.25, 0.3) is 11.7 Å². The molecule has 1 atom stereocenters. The molecule has 1 aliphatic heterocycles. The summed E-state index contributed by atoms with van der Waals surface area (Å²) in [5, 5.41) is 11.1. The third-order valence-corrected chi connectivity index (χ3v) is 5.53. The summed E-state index contributed by atoms with van der Waals surface area (Å²) in [5.74, 6) is -0.471. The van der Waals surface area contributed by atoms with Crippen LogP contribution in [0.15, 0.2) is 76.9 Å². The molecule has 4 rings (SSSR count). The summed E-state index contributed by atoms with van der Waals surface area (Å²) in [6, 6.07) is 17.0. The number of methoxy groups -OCH3 is 1. The lowest BCUT2D eigenvalue weighted by Gasteiger charge is -2.25. The van der Waals surface area contributed by atoms with E-state index in [-0.39, 0.29) is 17.9 Å². The number of rotatable bonds is 6. The normalized spacial score (nSPS) is 17.6. The van der Waals surface area contributed by atoms with Gasteiger partial charge in [0.05, 0.1) is 31.5 Å². The van der Waals surface area contributed by atoms with Crippen molar-refractivity contribution in [2.45, 2.75) is 12.6 Å². The Morgan fingerprint density at radius 1 is 1.06 bits per heavy atom. The van der Waals surface area contributed by atoms with Crippen LogP contribution in [0, 0.1) is 0 Å². The maximum atomic E-state index is 13.1. The van der Waals surface area contributed by atoms with E-state index < -0.39 is 17.7 Å². The lowest BCUT2D eigenvalue weighted by atomic mass is 9.95. The van der Waals surface area contributed by atoms with Crippen LogP contribution in [-0.2, 0) is 16.1 Å². The van der Waals surface area contributed by atoms with Gasteiger partial charge in [-0.2, -0.15) is 0 Å². The van der Waals surface area contributed by atoms with Crippen molar-refractivity contribution in [3.05, 3.63) is 89.4 Å². The maximum absolute atomic E-state index is 13.1. The molecular formula is C25H24N2O5. The van der Waals surface area contributed by atoms with Gasteiger partial charge in [0.1, 0.15) is 17.3 Å². The molecule has 0 saturated carbocycles. The molecule has 1 aliphatic rings. The van der Waals surface area contributed by atoms with Gasteiger partial charge in [0, 0.05) is 25.3 Å². The number of carbonyl (C=O) groups is 2. The summed E-state index contributed by atoms with van der Waals surface area (Å²) in [6.45, 7) is 0.108. The number of ether oxygens (including phenoxy) is 1. The van der Waals surface area contributed by atoms with Crippen molar-refractivity contribution in [1.29, 1.82) is 0 Å². The fraction of sp³-hybridized carbons (Fsp3) is 0.200. The molecule has 0 bridgehead atoms. The number of Topliss-reactive ketones (excluding diaryl/α,β-unsaturated/α-hetero) is 1. The molecule has 1 amide bonds.